The van der Waals surface area contributed by atoms with E-state index in [-0.39, 0.29) is 6.04 Å². The summed E-state index contributed by atoms with van der Waals surface area (Å²) in [4.78, 5) is 6.47. The van der Waals surface area contributed by atoms with Gasteiger partial charge in [0, 0.05) is 14.6 Å². The normalized spacial score (nSPS) is 18.2. The zero-order valence-corrected chi connectivity index (χ0v) is 13.8. The van der Waals surface area contributed by atoms with Gasteiger partial charge >= 0.3 is 0 Å². The molecule has 1 aliphatic heterocycles. The molecule has 3 rings (SSSR count). The van der Waals surface area contributed by atoms with Crippen LogP contribution in [0.2, 0.25) is 0 Å². The highest BCUT2D eigenvalue weighted by Gasteiger charge is 2.28. The molecule has 2 aromatic rings. The molecule has 2 aromatic carbocycles. The second kappa shape index (κ2) is 5.58. The maximum absolute atomic E-state index is 6.06. The first kappa shape index (κ1) is 13.6. The van der Waals surface area contributed by atoms with Crippen molar-refractivity contribution in [2.45, 2.75) is 6.04 Å². The van der Waals surface area contributed by atoms with Gasteiger partial charge in [0.15, 0.2) is 5.96 Å². The van der Waals surface area contributed by atoms with E-state index < -0.39 is 0 Å². The molecule has 0 aliphatic carbocycles. The summed E-state index contributed by atoms with van der Waals surface area (Å²) in [5.74, 6) is 0.570. The zero-order chi connectivity index (χ0) is 14.1. The van der Waals surface area contributed by atoms with Crippen molar-refractivity contribution in [3.8, 4) is 0 Å². The third kappa shape index (κ3) is 2.60. The van der Waals surface area contributed by atoms with Gasteiger partial charge in [-0.2, -0.15) is 0 Å². The molecule has 0 fully saturated rings. The van der Waals surface area contributed by atoms with Crippen LogP contribution in [0.4, 0.5) is 5.69 Å². The topological polar surface area (TPSA) is 41.6 Å². The molecule has 102 valence electrons. The Balaban J connectivity index is 1.96. The summed E-state index contributed by atoms with van der Waals surface area (Å²) in [5.41, 5.74) is 8.33. The number of aliphatic imine (C=N–C) groups is 1. The van der Waals surface area contributed by atoms with Gasteiger partial charge < -0.3 is 10.6 Å². The van der Waals surface area contributed by atoms with Gasteiger partial charge in [-0.1, -0.05) is 44.0 Å². The molecule has 3 nitrogen and oxygen atoms in total. The van der Waals surface area contributed by atoms with Crippen molar-refractivity contribution in [2.75, 3.05) is 11.4 Å². The lowest BCUT2D eigenvalue weighted by Gasteiger charge is -2.26. The van der Waals surface area contributed by atoms with Crippen molar-refractivity contribution < 1.29 is 0 Å². The van der Waals surface area contributed by atoms with Crippen molar-refractivity contribution in [1.82, 2.24) is 0 Å². The molecule has 1 atom stereocenters. The molecule has 1 heterocycles. The van der Waals surface area contributed by atoms with Crippen molar-refractivity contribution in [3.63, 3.8) is 0 Å². The predicted octanol–water partition coefficient (Wildman–Crippen LogP) is 4.09. The summed E-state index contributed by atoms with van der Waals surface area (Å²) >= 11 is 6.91. The first-order valence-electron chi connectivity index (χ1n) is 6.25. The van der Waals surface area contributed by atoms with Crippen LogP contribution in [-0.4, -0.2) is 12.5 Å². The fourth-order valence-electron chi connectivity index (χ4n) is 2.35. The molecule has 1 unspecified atom stereocenters. The van der Waals surface area contributed by atoms with Gasteiger partial charge in [-0.15, -0.1) is 0 Å². The second-order valence-corrected chi connectivity index (χ2v) is 6.44. The summed E-state index contributed by atoms with van der Waals surface area (Å²) in [6.07, 6.45) is 0. The minimum absolute atomic E-state index is 0.157. The molecular weight excluding hydrogens is 382 g/mol. The molecule has 0 saturated heterocycles. The lowest BCUT2D eigenvalue weighted by Crippen LogP contribution is -2.36. The number of rotatable bonds is 2. The van der Waals surface area contributed by atoms with E-state index in [9.17, 15) is 0 Å². The van der Waals surface area contributed by atoms with Gasteiger partial charge in [-0.3, -0.25) is 4.99 Å². The van der Waals surface area contributed by atoms with Crippen LogP contribution in [0.3, 0.4) is 0 Å². The number of hydrogen-bond acceptors (Lipinski definition) is 3. The summed E-state index contributed by atoms with van der Waals surface area (Å²) in [5, 5.41) is 0. The Morgan fingerprint density at radius 3 is 2.10 bits per heavy atom. The van der Waals surface area contributed by atoms with Crippen molar-refractivity contribution >= 4 is 43.5 Å². The predicted molar refractivity (Wildman–Crippen MR) is 90.0 cm³/mol. The van der Waals surface area contributed by atoms with Crippen LogP contribution in [-0.2, 0) is 0 Å². The van der Waals surface area contributed by atoms with Gasteiger partial charge in [-0.05, 0) is 42.0 Å². The lowest BCUT2D eigenvalue weighted by molar-refractivity contribution is 0.768. The zero-order valence-electron chi connectivity index (χ0n) is 10.6. The molecule has 0 aromatic heterocycles. The lowest BCUT2D eigenvalue weighted by atomic mass is 10.1. The number of halogens is 2. The summed E-state index contributed by atoms with van der Waals surface area (Å²) in [6.45, 7) is 0.684. The minimum atomic E-state index is 0.157. The maximum Gasteiger partial charge on any atom is 0.196 e. The van der Waals surface area contributed by atoms with Crippen LogP contribution in [0.15, 0.2) is 62.5 Å². The van der Waals surface area contributed by atoms with Crippen molar-refractivity contribution in [2.24, 2.45) is 10.7 Å². The maximum atomic E-state index is 6.06. The average molecular weight is 395 g/mol. The van der Waals surface area contributed by atoms with Crippen LogP contribution in [0.5, 0.6) is 0 Å². The molecular formula is C15H13Br2N3. The Hall–Kier alpha value is -1.33. The van der Waals surface area contributed by atoms with Gasteiger partial charge in [0.1, 0.15) is 0 Å². The first-order valence-corrected chi connectivity index (χ1v) is 7.84. The smallest absolute Gasteiger partial charge is 0.196 e. The summed E-state index contributed by atoms with van der Waals surface area (Å²) in [6, 6.07) is 16.6. The second-order valence-electron chi connectivity index (χ2n) is 4.61. The quantitative estimate of drug-likeness (QED) is 0.833. The summed E-state index contributed by atoms with van der Waals surface area (Å²) < 4.78 is 2.12. The van der Waals surface area contributed by atoms with E-state index in [1.807, 2.05) is 36.4 Å². The van der Waals surface area contributed by atoms with Crippen LogP contribution >= 0.6 is 31.9 Å². The number of anilines is 1. The Kier molecular flexibility index (Phi) is 3.81. The number of guanidine groups is 1. The van der Waals surface area contributed by atoms with E-state index in [2.05, 4.69) is 53.9 Å². The molecule has 0 saturated carbocycles. The first-order chi connectivity index (χ1) is 9.65. The number of nitrogens with two attached hydrogens (primary N) is 1. The Labute approximate surface area is 134 Å². The van der Waals surface area contributed by atoms with Crippen LogP contribution in [0.25, 0.3) is 0 Å². The Morgan fingerprint density at radius 1 is 0.950 bits per heavy atom. The SMILES string of the molecule is NC1=NCC(c2ccc(Br)cc2)N1c1ccc(Br)cc1. The van der Waals surface area contributed by atoms with Gasteiger partial charge in [0.25, 0.3) is 0 Å². The van der Waals surface area contributed by atoms with Crippen LogP contribution < -0.4 is 10.6 Å². The van der Waals surface area contributed by atoms with Gasteiger partial charge in [-0.25, -0.2) is 0 Å². The highest BCUT2D eigenvalue weighted by Crippen LogP contribution is 2.32. The van der Waals surface area contributed by atoms with Crippen LogP contribution in [0.1, 0.15) is 11.6 Å². The molecule has 0 radical (unpaired) electrons. The average Bonchev–Trinajstić information content (AvgIpc) is 2.83. The molecule has 1 aliphatic rings. The van der Waals surface area contributed by atoms with E-state index in [1.165, 1.54) is 5.56 Å². The Morgan fingerprint density at radius 2 is 1.50 bits per heavy atom. The van der Waals surface area contributed by atoms with E-state index in [0.29, 0.717) is 12.5 Å². The van der Waals surface area contributed by atoms with E-state index >= 15 is 0 Å². The number of hydrogen-bond donors (Lipinski definition) is 1. The molecule has 0 spiro atoms. The van der Waals surface area contributed by atoms with Gasteiger partial charge in [0.2, 0.25) is 0 Å². The molecule has 0 amide bonds. The minimum Gasteiger partial charge on any atom is -0.369 e. The van der Waals surface area contributed by atoms with E-state index in [4.69, 9.17) is 5.73 Å². The fourth-order valence-corrected chi connectivity index (χ4v) is 2.88. The molecule has 20 heavy (non-hydrogen) atoms. The Bertz CT molecular complexity index is 635. The monoisotopic (exact) mass is 393 g/mol. The standard InChI is InChI=1S/C15H13Br2N3/c16-11-3-1-10(2-4-11)14-9-19-15(18)20(14)13-7-5-12(17)6-8-13/h1-8,14H,9H2,(H2,18,19). The highest BCUT2D eigenvalue weighted by atomic mass is 79.9. The number of benzene rings is 2. The largest absolute Gasteiger partial charge is 0.369 e. The van der Waals surface area contributed by atoms with Crippen LogP contribution in [0, 0.1) is 0 Å². The third-order valence-corrected chi connectivity index (χ3v) is 4.40. The molecule has 0 bridgehead atoms. The molecule has 2 N–H and O–H groups in total. The van der Waals surface area contributed by atoms with Gasteiger partial charge in [0.05, 0.1) is 12.6 Å². The third-order valence-electron chi connectivity index (χ3n) is 3.34. The van der Waals surface area contributed by atoms with Crippen molar-refractivity contribution in [3.05, 3.63) is 63.0 Å². The summed E-state index contributed by atoms with van der Waals surface area (Å²) in [7, 11) is 0. The van der Waals surface area contributed by atoms with Crippen molar-refractivity contribution in [1.29, 1.82) is 0 Å². The fraction of sp³-hybridized carbons (Fsp3) is 0.133. The highest BCUT2D eigenvalue weighted by molar-refractivity contribution is 9.10. The van der Waals surface area contributed by atoms with E-state index in [0.717, 1.165) is 14.6 Å². The van der Waals surface area contributed by atoms with E-state index in [1.54, 1.807) is 0 Å². The number of nitrogens with zero attached hydrogens (tertiary/aromatic N) is 2. The molecule has 5 heteroatoms.